The highest BCUT2D eigenvalue weighted by Gasteiger charge is 2.31. The third-order valence-corrected chi connectivity index (χ3v) is 4.87. The molecule has 1 atom stereocenters. The third-order valence-electron chi connectivity index (χ3n) is 4.58. The van der Waals surface area contributed by atoms with Crippen molar-refractivity contribution in [3.05, 3.63) is 58.5 Å². The standard InChI is InChI=1S/C19H18ClF4N3O/c20-15-9-12(1-4-16(15)21)2-6-18(28)26-14-7-8-27(11-14)17-5-3-13(10-25-17)19(22,23)24/h1,3-5,9-10,14H,2,6-8,11H2,(H,26,28). The van der Waals surface area contributed by atoms with E-state index in [9.17, 15) is 22.4 Å². The Balaban J connectivity index is 1.48. The van der Waals surface area contributed by atoms with Gasteiger partial charge in [0.25, 0.3) is 0 Å². The van der Waals surface area contributed by atoms with Crippen LogP contribution in [0.1, 0.15) is 24.0 Å². The molecule has 1 saturated heterocycles. The molecule has 1 aromatic carbocycles. The highest BCUT2D eigenvalue weighted by Crippen LogP contribution is 2.30. The average Bonchev–Trinajstić information content (AvgIpc) is 3.10. The molecule has 2 heterocycles. The van der Waals surface area contributed by atoms with E-state index in [1.165, 1.54) is 18.2 Å². The van der Waals surface area contributed by atoms with Crippen LogP contribution in [0.2, 0.25) is 5.02 Å². The topological polar surface area (TPSA) is 45.2 Å². The highest BCUT2D eigenvalue weighted by molar-refractivity contribution is 6.30. The highest BCUT2D eigenvalue weighted by atomic mass is 35.5. The van der Waals surface area contributed by atoms with Crippen LogP contribution in [0, 0.1) is 5.82 Å². The molecule has 2 aromatic rings. The van der Waals surface area contributed by atoms with Gasteiger partial charge in [-0.1, -0.05) is 17.7 Å². The van der Waals surface area contributed by atoms with Crippen molar-refractivity contribution in [3.63, 3.8) is 0 Å². The van der Waals surface area contributed by atoms with Crippen LogP contribution >= 0.6 is 11.6 Å². The van der Waals surface area contributed by atoms with Crippen LogP contribution < -0.4 is 10.2 Å². The molecule has 1 aliphatic rings. The third kappa shape index (κ3) is 5.13. The van der Waals surface area contributed by atoms with Crippen molar-refractivity contribution >= 4 is 23.3 Å². The number of anilines is 1. The van der Waals surface area contributed by atoms with Gasteiger partial charge in [-0.2, -0.15) is 13.2 Å². The first-order valence-electron chi connectivity index (χ1n) is 8.74. The predicted octanol–water partition coefficient (Wildman–Crippen LogP) is 4.22. The molecule has 4 nitrogen and oxygen atoms in total. The number of hydrogen-bond donors (Lipinski definition) is 1. The molecule has 3 rings (SSSR count). The fourth-order valence-corrected chi connectivity index (χ4v) is 3.28. The maximum absolute atomic E-state index is 13.1. The number of pyridine rings is 1. The van der Waals surface area contributed by atoms with Gasteiger partial charge >= 0.3 is 6.18 Å². The van der Waals surface area contributed by atoms with E-state index in [0.29, 0.717) is 31.7 Å². The van der Waals surface area contributed by atoms with Crippen molar-refractivity contribution in [2.45, 2.75) is 31.5 Å². The van der Waals surface area contributed by atoms with Crippen molar-refractivity contribution in [1.82, 2.24) is 10.3 Å². The fraction of sp³-hybridized carbons (Fsp3) is 0.368. The van der Waals surface area contributed by atoms with E-state index in [-0.39, 0.29) is 23.4 Å². The number of nitrogens with one attached hydrogen (secondary N) is 1. The van der Waals surface area contributed by atoms with E-state index < -0.39 is 17.6 Å². The van der Waals surface area contributed by atoms with Crippen LogP contribution in [0.5, 0.6) is 0 Å². The predicted molar refractivity (Wildman–Crippen MR) is 97.7 cm³/mol. The lowest BCUT2D eigenvalue weighted by molar-refractivity contribution is -0.137. The molecular formula is C19H18ClF4N3O. The zero-order valence-corrected chi connectivity index (χ0v) is 15.5. The summed E-state index contributed by atoms with van der Waals surface area (Å²) < 4.78 is 51.0. The van der Waals surface area contributed by atoms with Gasteiger partial charge in [-0.15, -0.1) is 0 Å². The molecular weight excluding hydrogens is 398 g/mol. The summed E-state index contributed by atoms with van der Waals surface area (Å²) in [6, 6.07) is 6.59. The van der Waals surface area contributed by atoms with Gasteiger partial charge < -0.3 is 10.2 Å². The monoisotopic (exact) mass is 415 g/mol. The van der Waals surface area contributed by atoms with Crippen molar-refractivity contribution in [2.75, 3.05) is 18.0 Å². The molecule has 0 spiro atoms. The Morgan fingerprint density at radius 1 is 1.29 bits per heavy atom. The van der Waals surface area contributed by atoms with Gasteiger partial charge in [-0.25, -0.2) is 9.37 Å². The molecule has 1 aromatic heterocycles. The quantitative estimate of drug-likeness (QED) is 0.744. The van der Waals surface area contributed by atoms with E-state index in [1.54, 1.807) is 6.07 Å². The molecule has 1 aliphatic heterocycles. The Bertz CT molecular complexity index is 842. The lowest BCUT2D eigenvalue weighted by atomic mass is 10.1. The van der Waals surface area contributed by atoms with Gasteiger partial charge in [0.15, 0.2) is 0 Å². The second-order valence-electron chi connectivity index (χ2n) is 6.65. The smallest absolute Gasteiger partial charge is 0.354 e. The van der Waals surface area contributed by atoms with Crippen LogP contribution in [0.3, 0.4) is 0 Å². The summed E-state index contributed by atoms with van der Waals surface area (Å²) in [5.41, 5.74) is -0.0234. The molecule has 1 amide bonds. The van der Waals surface area contributed by atoms with Crippen molar-refractivity contribution in [2.24, 2.45) is 0 Å². The van der Waals surface area contributed by atoms with Gasteiger partial charge in [0.05, 0.1) is 10.6 Å². The number of halogens is 5. The molecule has 9 heteroatoms. The Labute approximate surface area is 164 Å². The number of amides is 1. The molecule has 1 unspecified atom stereocenters. The van der Waals surface area contributed by atoms with Crippen molar-refractivity contribution in [3.8, 4) is 0 Å². The molecule has 28 heavy (non-hydrogen) atoms. The zero-order valence-electron chi connectivity index (χ0n) is 14.8. The Morgan fingerprint density at radius 2 is 2.07 bits per heavy atom. The first-order valence-corrected chi connectivity index (χ1v) is 9.11. The number of nitrogens with zero attached hydrogens (tertiary/aromatic N) is 2. The number of alkyl halides is 3. The fourth-order valence-electron chi connectivity index (χ4n) is 3.08. The summed E-state index contributed by atoms with van der Waals surface area (Å²) >= 11 is 5.73. The second-order valence-corrected chi connectivity index (χ2v) is 7.06. The van der Waals surface area contributed by atoms with Crippen LogP contribution in [-0.2, 0) is 17.4 Å². The summed E-state index contributed by atoms with van der Waals surface area (Å²) in [6.45, 7) is 1.07. The lowest BCUT2D eigenvalue weighted by Gasteiger charge is -2.18. The molecule has 150 valence electrons. The zero-order chi connectivity index (χ0) is 20.3. The van der Waals surface area contributed by atoms with Gasteiger partial charge in [0.1, 0.15) is 11.6 Å². The van der Waals surface area contributed by atoms with Crippen molar-refractivity contribution in [1.29, 1.82) is 0 Å². The molecule has 1 fully saturated rings. The maximum atomic E-state index is 13.1. The molecule has 0 bridgehead atoms. The molecule has 0 saturated carbocycles. The van der Waals surface area contributed by atoms with E-state index >= 15 is 0 Å². The van der Waals surface area contributed by atoms with E-state index in [4.69, 9.17) is 11.6 Å². The minimum Gasteiger partial charge on any atom is -0.354 e. The minimum absolute atomic E-state index is 0.0217. The average molecular weight is 416 g/mol. The molecule has 0 radical (unpaired) electrons. The Morgan fingerprint density at radius 3 is 2.71 bits per heavy atom. The number of hydrogen-bond acceptors (Lipinski definition) is 3. The van der Waals surface area contributed by atoms with Crippen LogP contribution in [0.15, 0.2) is 36.5 Å². The molecule has 0 aliphatic carbocycles. The first-order chi connectivity index (χ1) is 13.2. The maximum Gasteiger partial charge on any atom is 0.417 e. The number of aromatic nitrogens is 1. The summed E-state index contributed by atoms with van der Waals surface area (Å²) in [5.74, 6) is -0.198. The number of aryl methyl sites for hydroxylation is 1. The van der Waals surface area contributed by atoms with Gasteiger partial charge in [0.2, 0.25) is 5.91 Å². The second kappa shape index (κ2) is 8.34. The van der Waals surface area contributed by atoms with Gasteiger partial charge in [-0.3, -0.25) is 4.79 Å². The first kappa shape index (κ1) is 20.4. The lowest BCUT2D eigenvalue weighted by Crippen LogP contribution is -2.37. The summed E-state index contributed by atoms with van der Waals surface area (Å²) in [4.78, 5) is 17.9. The normalized spacial score (nSPS) is 17.0. The Hall–Kier alpha value is -2.35. The van der Waals surface area contributed by atoms with Crippen LogP contribution in [0.4, 0.5) is 23.4 Å². The summed E-state index contributed by atoms with van der Waals surface area (Å²) in [6.07, 6.45) is -2.26. The SMILES string of the molecule is O=C(CCc1ccc(F)c(Cl)c1)NC1CCN(c2ccc(C(F)(F)F)cn2)C1. The van der Waals surface area contributed by atoms with Gasteiger partial charge in [-0.05, 0) is 42.7 Å². The number of benzene rings is 1. The van der Waals surface area contributed by atoms with Crippen LogP contribution in [0.25, 0.3) is 0 Å². The Kier molecular flexibility index (Phi) is 6.07. The van der Waals surface area contributed by atoms with E-state index in [2.05, 4.69) is 10.3 Å². The van der Waals surface area contributed by atoms with E-state index in [1.807, 2.05) is 4.90 Å². The van der Waals surface area contributed by atoms with E-state index in [0.717, 1.165) is 17.8 Å². The van der Waals surface area contributed by atoms with Crippen LogP contribution in [-0.4, -0.2) is 30.0 Å². The number of carbonyl (C=O) groups excluding carboxylic acids is 1. The molecule has 1 N–H and O–H groups in total. The minimum atomic E-state index is -4.41. The largest absolute Gasteiger partial charge is 0.417 e. The van der Waals surface area contributed by atoms with Gasteiger partial charge in [0, 0.05) is 31.7 Å². The summed E-state index contributed by atoms with van der Waals surface area (Å²) in [7, 11) is 0. The van der Waals surface area contributed by atoms with Crippen molar-refractivity contribution < 1.29 is 22.4 Å². The number of rotatable bonds is 5. The summed E-state index contributed by atoms with van der Waals surface area (Å²) in [5, 5.41) is 2.94. The number of carbonyl (C=O) groups is 1.